The Bertz CT molecular complexity index is 754. The zero-order valence-electron chi connectivity index (χ0n) is 12.9. The van der Waals surface area contributed by atoms with Crippen molar-refractivity contribution in [3.05, 3.63) is 34.4 Å². The molecule has 9 nitrogen and oxygen atoms in total. The second kappa shape index (κ2) is 6.36. The molecule has 1 heterocycles. The van der Waals surface area contributed by atoms with Crippen LogP contribution in [0.15, 0.2) is 29.2 Å². The molecular formula is C14H18N4O5S. The van der Waals surface area contributed by atoms with Gasteiger partial charge in [0.2, 0.25) is 10.0 Å². The molecule has 0 unspecified atom stereocenters. The molecule has 0 radical (unpaired) electrons. The van der Waals surface area contributed by atoms with Gasteiger partial charge >= 0.3 is 6.03 Å². The minimum absolute atomic E-state index is 0.104. The molecule has 1 saturated heterocycles. The summed E-state index contributed by atoms with van der Waals surface area (Å²) in [5.74, 6) is 0. The van der Waals surface area contributed by atoms with Gasteiger partial charge in [0, 0.05) is 44.4 Å². The highest BCUT2D eigenvalue weighted by molar-refractivity contribution is 7.89. The number of nitrogens with one attached hydrogen (secondary N) is 1. The number of carbonyl (C=O) groups is 1. The molecule has 0 atom stereocenters. The summed E-state index contributed by atoms with van der Waals surface area (Å²) in [6, 6.07) is 5.09. The van der Waals surface area contributed by atoms with Crippen LogP contribution in [0.5, 0.6) is 0 Å². The van der Waals surface area contributed by atoms with Crippen molar-refractivity contribution in [3.8, 4) is 0 Å². The largest absolute Gasteiger partial charge is 0.335 e. The third kappa shape index (κ3) is 3.49. The summed E-state index contributed by atoms with van der Waals surface area (Å²) in [5.41, 5.74) is -0.265. The van der Waals surface area contributed by atoms with E-state index < -0.39 is 14.9 Å². The average molecular weight is 354 g/mol. The predicted octanol–water partition coefficient (Wildman–Crippen LogP) is 0.773. The van der Waals surface area contributed by atoms with Crippen LogP contribution >= 0.6 is 0 Å². The van der Waals surface area contributed by atoms with Crippen molar-refractivity contribution in [2.24, 2.45) is 0 Å². The first kappa shape index (κ1) is 16.7. The summed E-state index contributed by atoms with van der Waals surface area (Å²) < 4.78 is 26.5. The van der Waals surface area contributed by atoms with Crippen LogP contribution < -0.4 is 5.32 Å². The number of amides is 2. The number of rotatable bonds is 4. The summed E-state index contributed by atoms with van der Waals surface area (Å²) in [6.45, 7) is 0.936. The van der Waals surface area contributed by atoms with Crippen molar-refractivity contribution >= 4 is 21.7 Å². The van der Waals surface area contributed by atoms with E-state index >= 15 is 0 Å². The molecule has 2 fully saturated rings. The minimum Gasteiger partial charge on any atom is -0.335 e. The Balaban J connectivity index is 1.67. The molecule has 1 aromatic rings. The lowest BCUT2D eigenvalue weighted by Gasteiger charge is -2.34. The summed E-state index contributed by atoms with van der Waals surface area (Å²) in [4.78, 5) is 23.6. The van der Waals surface area contributed by atoms with Gasteiger partial charge in [-0.3, -0.25) is 10.1 Å². The molecule has 1 N–H and O–H groups in total. The van der Waals surface area contributed by atoms with Crippen LogP contribution in [-0.4, -0.2) is 60.8 Å². The van der Waals surface area contributed by atoms with E-state index in [2.05, 4.69) is 5.32 Å². The molecule has 0 bridgehead atoms. The molecule has 24 heavy (non-hydrogen) atoms. The van der Waals surface area contributed by atoms with Gasteiger partial charge in [0.25, 0.3) is 5.69 Å². The van der Waals surface area contributed by atoms with Crippen molar-refractivity contribution in [1.82, 2.24) is 14.5 Å². The predicted molar refractivity (Wildman–Crippen MR) is 85.0 cm³/mol. The Labute approximate surface area is 139 Å². The number of hydrogen-bond acceptors (Lipinski definition) is 5. The Morgan fingerprint density at radius 1 is 1.21 bits per heavy atom. The molecule has 1 aliphatic carbocycles. The molecule has 10 heteroatoms. The molecule has 1 aromatic carbocycles. The smallest absolute Gasteiger partial charge is 0.317 e. The standard InChI is InChI=1S/C14H18N4O5S/c19-14(15-11-4-5-11)16-6-8-17(9-7-16)24(22,23)13-3-1-2-12(10-13)18(20)21/h1-3,10-11H,4-9H2,(H,15,19). The van der Waals surface area contributed by atoms with Gasteiger partial charge in [-0.1, -0.05) is 6.07 Å². The number of nitrogens with zero attached hydrogens (tertiary/aromatic N) is 3. The van der Waals surface area contributed by atoms with Crippen LogP contribution in [0.4, 0.5) is 10.5 Å². The topological polar surface area (TPSA) is 113 Å². The number of non-ortho nitro benzene ring substituents is 1. The third-order valence-electron chi connectivity index (χ3n) is 4.10. The molecule has 2 amide bonds. The Morgan fingerprint density at radius 3 is 2.46 bits per heavy atom. The number of nitro benzene ring substituents is 1. The van der Waals surface area contributed by atoms with Crippen LogP contribution in [0.3, 0.4) is 0 Å². The van der Waals surface area contributed by atoms with Crippen LogP contribution in [0.25, 0.3) is 0 Å². The zero-order chi connectivity index (χ0) is 17.3. The fourth-order valence-electron chi connectivity index (χ4n) is 2.53. The molecule has 1 saturated carbocycles. The quantitative estimate of drug-likeness (QED) is 0.634. The van der Waals surface area contributed by atoms with E-state index in [4.69, 9.17) is 0 Å². The van der Waals surface area contributed by atoms with Gasteiger partial charge in [-0.2, -0.15) is 4.31 Å². The second-order valence-corrected chi connectivity index (χ2v) is 7.81. The number of piperazine rings is 1. The fraction of sp³-hybridized carbons (Fsp3) is 0.500. The number of urea groups is 1. The summed E-state index contributed by atoms with van der Waals surface area (Å²) >= 11 is 0. The molecular weight excluding hydrogens is 336 g/mol. The van der Waals surface area contributed by atoms with Gasteiger partial charge in [-0.25, -0.2) is 13.2 Å². The van der Waals surface area contributed by atoms with Crippen molar-refractivity contribution in [3.63, 3.8) is 0 Å². The Kier molecular flexibility index (Phi) is 4.41. The fourth-order valence-corrected chi connectivity index (χ4v) is 3.99. The van der Waals surface area contributed by atoms with E-state index in [0.717, 1.165) is 18.9 Å². The van der Waals surface area contributed by atoms with Gasteiger partial charge in [-0.05, 0) is 18.9 Å². The minimum atomic E-state index is -3.81. The Morgan fingerprint density at radius 2 is 1.88 bits per heavy atom. The third-order valence-corrected chi connectivity index (χ3v) is 5.99. The molecule has 0 spiro atoms. The molecule has 1 aliphatic heterocycles. The maximum Gasteiger partial charge on any atom is 0.317 e. The number of hydrogen-bond donors (Lipinski definition) is 1. The number of benzene rings is 1. The van der Waals surface area contributed by atoms with E-state index in [0.29, 0.717) is 13.1 Å². The lowest BCUT2D eigenvalue weighted by molar-refractivity contribution is -0.385. The van der Waals surface area contributed by atoms with Crippen molar-refractivity contribution in [2.75, 3.05) is 26.2 Å². The maximum absolute atomic E-state index is 12.6. The van der Waals surface area contributed by atoms with Crippen LogP contribution in [0.1, 0.15) is 12.8 Å². The van der Waals surface area contributed by atoms with Crippen LogP contribution in [0, 0.1) is 10.1 Å². The van der Waals surface area contributed by atoms with E-state index in [1.165, 1.54) is 22.5 Å². The molecule has 0 aromatic heterocycles. The Hall–Kier alpha value is -2.20. The van der Waals surface area contributed by atoms with Gasteiger partial charge < -0.3 is 10.2 Å². The summed E-state index contributed by atoms with van der Waals surface area (Å²) in [6.07, 6.45) is 1.99. The lowest BCUT2D eigenvalue weighted by Crippen LogP contribution is -2.53. The first-order valence-electron chi connectivity index (χ1n) is 7.68. The second-order valence-electron chi connectivity index (χ2n) is 5.87. The lowest BCUT2D eigenvalue weighted by atomic mass is 10.3. The molecule has 130 valence electrons. The number of carbonyl (C=O) groups excluding carboxylic acids is 1. The summed E-state index contributed by atoms with van der Waals surface area (Å²) in [7, 11) is -3.81. The maximum atomic E-state index is 12.6. The highest BCUT2D eigenvalue weighted by atomic mass is 32.2. The van der Waals surface area contributed by atoms with Gasteiger partial charge in [0.05, 0.1) is 9.82 Å². The normalized spacial score (nSPS) is 19.1. The van der Waals surface area contributed by atoms with Gasteiger partial charge in [0.1, 0.15) is 0 Å². The van der Waals surface area contributed by atoms with Crippen molar-refractivity contribution in [2.45, 2.75) is 23.8 Å². The van der Waals surface area contributed by atoms with E-state index in [-0.39, 0.29) is 35.7 Å². The zero-order valence-corrected chi connectivity index (χ0v) is 13.7. The first-order valence-corrected chi connectivity index (χ1v) is 9.12. The summed E-state index contributed by atoms with van der Waals surface area (Å²) in [5, 5.41) is 13.7. The van der Waals surface area contributed by atoms with Crippen molar-refractivity contribution in [1.29, 1.82) is 0 Å². The number of nitro groups is 1. The SMILES string of the molecule is O=C(NC1CC1)N1CCN(S(=O)(=O)c2cccc([N+](=O)[O-])c2)CC1. The first-order chi connectivity index (χ1) is 11.4. The van der Waals surface area contributed by atoms with E-state index in [1.807, 2.05) is 0 Å². The van der Waals surface area contributed by atoms with E-state index in [9.17, 15) is 23.3 Å². The van der Waals surface area contributed by atoms with Crippen molar-refractivity contribution < 1.29 is 18.1 Å². The highest BCUT2D eigenvalue weighted by Crippen LogP contribution is 2.22. The monoisotopic (exact) mass is 354 g/mol. The molecule has 2 aliphatic rings. The average Bonchev–Trinajstić information content (AvgIpc) is 3.39. The van der Waals surface area contributed by atoms with Crippen LogP contribution in [-0.2, 0) is 10.0 Å². The van der Waals surface area contributed by atoms with Gasteiger partial charge in [0.15, 0.2) is 0 Å². The van der Waals surface area contributed by atoms with Crippen LogP contribution in [0.2, 0.25) is 0 Å². The highest BCUT2D eigenvalue weighted by Gasteiger charge is 2.32. The van der Waals surface area contributed by atoms with Gasteiger partial charge in [-0.15, -0.1) is 0 Å². The van der Waals surface area contributed by atoms with E-state index in [1.54, 1.807) is 4.90 Å². The number of sulfonamides is 1. The molecule has 3 rings (SSSR count).